The van der Waals surface area contributed by atoms with E-state index in [9.17, 15) is 18.0 Å². The zero-order valence-electron chi connectivity index (χ0n) is 21.4. The van der Waals surface area contributed by atoms with Gasteiger partial charge in [0.25, 0.3) is 10.0 Å². The van der Waals surface area contributed by atoms with Gasteiger partial charge in [0, 0.05) is 17.6 Å². The molecule has 3 aromatic rings. The van der Waals surface area contributed by atoms with Crippen molar-refractivity contribution in [2.45, 2.75) is 45.2 Å². The molecule has 0 aliphatic rings. The van der Waals surface area contributed by atoms with E-state index in [1.807, 2.05) is 44.2 Å². The molecule has 0 bridgehead atoms. The van der Waals surface area contributed by atoms with Gasteiger partial charge >= 0.3 is 0 Å². The number of hydrogen-bond acceptors (Lipinski definition) is 4. The highest BCUT2D eigenvalue weighted by atomic mass is 79.9. The SMILES string of the molecule is CCNC(=O)[C@H](C)N(Cc1cccc(Br)c1)C(=O)CN(c1cccc(C)c1C)S(=O)(=O)c1ccccc1. The third-order valence-corrected chi connectivity index (χ3v) is 8.48. The summed E-state index contributed by atoms with van der Waals surface area (Å²) in [6.07, 6.45) is 0. The second-order valence-corrected chi connectivity index (χ2v) is 11.5. The zero-order valence-corrected chi connectivity index (χ0v) is 23.8. The van der Waals surface area contributed by atoms with Crippen molar-refractivity contribution in [3.05, 3.63) is 94.0 Å². The first kappa shape index (κ1) is 28.4. The van der Waals surface area contributed by atoms with Crippen molar-refractivity contribution in [2.75, 3.05) is 17.4 Å². The number of carbonyl (C=O) groups is 2. The van der Waals surface area contributed by atoms with Gasteiger partial charge in [-0.3, -0.25) is 13.9 Å². The van der Waals surface area contributed by atoms with Gasteiger partial charge in [-0.05, 0) is 74.7 Å². The van der Waals surface area contributed by atoms with E-state index in [1.165, 1.54) is 17.0 Å². The molecule has 0 radical (unpaired) electrons. The minimum Gasteiger partial charge on any atom is -0.355 e. The second kappa shape index (κ2) is 12.4. The maximum Gasteiger partial charge on any atom is 0.264 e. The van der Waals surface area contributed by atoms with Gasteiger partial charge in [-0.1, -0.05) is 58.4 Å². The standard InChI is InChI=1S/C28H32BrN3O4S/c1-5-30-28(34)22(4)31(18-23-12-10-13-24(29)17-23)27(33)19-32(26-16-9-11-20(2)21(26)3)37(35,36)25-14-7-6-8-15-25/h6-17,22H,5,18-19H2,1-4H3,(H,30,34)/t22-/m0/s1. The summed E-state index contributed by atoms with van der Waals surface area (Å²) in [5.74, 6) is -0.797. The van der Waals surface area contributed by atoms with Crippen LogP contribution in [0.2, 0.25) is 0 Å². The van der Waals surface area contributed by atoms with E-state index in [0.29, 0.717) is 12.2 Å². The summed E-state index contributed by atoms with van der Waals surface area (Å²) in [4.78, 5) is 28.1. The number of carbonyl (C=O) groups excluding carboxylic acids is 2. The van der Waals surface area contributed by atoms with Crippen LogP contribution in [0.1, 0.15) is 30.5 Å². The molecule has 0 unspecified atom stereocenters. The highest BCUT2D eigenvalue weighted by molar-refractivity contribution is 9.10. The van der Waals surface area contributed by atoms with Crippen LogP contribution < -0.4 is 9.62 Å². The highest BCUT2D eigenvalue weighted by Crippen LogP contribution is 2.29. The lowest BCUT2D eigenvalue weighted by molar-refractivity contribution is -0.139. The van der Waals surface area contributed by atoms with E-state index in [0.717, 1.165) is 25.5 Å². The van der Waals surface area contributed by atoms with E-state index in [1.54, 1.807) is 44.2 Å². The van der Waals surface area contributed by atoms with Crippen LogP contribution in [0, 0.1) is 13.8 Å². The number of hydrogen-bond donors (Lipinski definition) is 1. The number of sulfonamides is 1. The smallest absolute Gasteiger partial charge is 0.264 e. The molecule has 0 aliphatic heterocycles. The summed E-state index contributed by atoms with van der Waals surface area (Å²) in [5, 5.41) is 2.76. The van der Waals surface area contributed by atoms with Crippen molar-refractivity contribution in [2.24, 2.45) is 0 Å². The summed E-state index contributed by atoms with van der Waals surface area (Å²) >= 11 is 3.45. The highest BCUT2D eigenvalue weighted by Gasteiger charge is 2.33. The second-order valence-electron chi connectivity index (χ2n) is 8.77. The lowest BCUT2D eigenvalue weighted by atomic mass is 10.1. The zero-order chi connectivity index (χ0) is 27.2. The van der Waals surface area contributed by atoms with Crippen molar-refractivity contribution in [1.82, 2.24) is 10.2 Å². The molecule has 0 saturated heterocycles. The lowest BCUT2D eigenvalue weighted by Crippen LogP contribution is -2.51. The number of rotatable bonds is 10. The number of aryl methyl sites for hydroxylation is 1. The molecule has 1 atom stereocenters. The Morgan fingerprint density at radius 2 is 1.65 bits per heavy atom. The van der Waals surface area contributed by atoms with Gasteiger partial charge < -0.3 is 10.2 Å². The molecule has 3 rings (SSSR count). The van der Waals surface area contributed by atoms with E-state index in [-0.39, 0.29) is 17.3 Å². The molecular formula is C28H32BrN3O4S. The molecule has 0 spiro atoms. The molecule has 0 fully saturated rings. The Hall–Kier alpha value is -3.17. The third-order valence-electron chi connectivity index (χ3n) is 6.22. The fourth-order valence-electron chi connectivity index (χ4n) is 3.98. The summed E-state index contributed by atoms with van der Waals surface area (Å²) in [7, 11) is -4.08. The summed E-state index contributed by atoms with van der Waals surface area (Å²) in [5.41, 5.74) is 2.89. The van der Waals surface area contributed by atoms with Crippen LogP contribution >= 0.6 is 15.9 Å². The number of halogens is 1. The van der Waals surface area contributed by atoms with E-state index < -0.39 is 28.5 Å². The summed E-state index contributed by atoms with van der Waals surface area (Å²) < 4.78 is 29.7. The van der Waals surface area contributed by atoms with Crippen molar-refractivity contribution in [1.29, 1.82) is 0 Å². The largest absolute Gasteiger partial charge is 0.355 e. The van der Waals surface area contributed by atoms with Gasteiger partial charge in [-0.15, -0.1) is 0 Å². The van der Waals surface area contributed by atoms with Gasteiger partial charge in [0.15, 0.2) is 0 Å². The molecule has 0 heterocycles. The Kier molecular flexibility index (Phi) is 9.50. The average molecular weight is 587 g/mol. The summed E-state index contributed by atoms with van der Waals surface area (Å²) in [6.45, 7) is 7.28. The molecule has 0 saturated carbocycles. The maximum atomic E-state index is 13.9. The van der Waals surface area contributed by atoms with Gasteiger partial charge in [0.05, 0.1) is 10.6 Å². The predicted molar refractivity (Wildman–Crippen MR) is 150 cm³/mol. The van der Waals surface area contributed by atoms with Crippen LogP contribution in [0.15, 0.2) is 82.2 Å². The van der Waals surface area contributed by atoms with Crippen LogP contribution in [-0.4, -0.2) is 44.3 Å². The quantitative estimate of drug-likeness (QED) is 0.370. The molecule has 1 N–H and O–H groups in total. The van der Waals surface area contributed by atoms with Crippen molar-refractivity contribution >= 4 is 43.5 Å². The minimum absolute atomic E-state index is 0.0824. The Bertz CT molecular complexity index is 1360. The minimum atomic E-state index is -4.08. The molecular weight excluding hydrogens is 554 g/mol. The first-order valence-corrected chi connectivity index (χ1v) is 14.2. The van der Waals surface area contributed by atoms with Gasteiger partial charge in [-0.25, -0.2) is 8.42 Å². The van der Waals surface area contributed by atoms with E-state index in [4.69, 9.17) is 0 Å². The molecule has 0 aromatic heterocycles. The maximum absolute atomic E-state index is 13.9. The molecule has 2 amide bonds. The normalized spacial score (nSPS) is 12.0. The number of amides is 2. The Morgan fingerprint density at radius 3 is 2.30 bits per heavy atom. The van der Waals surface area contributed by atoms with Crippen LogP contribution in [0.4, 0.5) is 5.69 Å². The molecule has 9 heteroatoms. The first-order valence-electron chi connectivity index (χ1n) is 12.0. The Morgan fingerprint density at radius 1 is 0.973 bits per heavy atom. The predicted octanol–water partition coefficient (Wildman–Crippen LogP) is 4.81. The molecule has 196 valence electrons. The van der Waals surface area contributed by atoms with Crippen LogP contribution in [-0.2, 0) is 26.2 Å². The fraction of sp³-hybridized carbons (Fsp3) is 0.286. The topological polar surface area (TPSA) is 86.8 Å². The van der Waals surface area contributed by atoms with Crippen molar-refractivity contribution in [3.8, 4) is 0 Å². The van der Waals surface area contributed by atoms with Crippen molar-refractivity contribution < 1.29 is 18.0 Å². The van der Waals surface area contributed by atoms with Crippen LogP contribution in [0.5, 0.6) is 0 Å². The fourth-order valence-corrected chi connectivity index (χ4v) is 5.91. The first-order chi connectivity index (χ1) is 17.6. The van der Waals surface area contributed by atoms with Crippen molar-refractivity contribution in [3.63, 3.8) is 0 Å². The van der Waals surface area contributed by atoms with Gasteiger partial charge in [0.1, 0.15) is 12.6 Å². The molecule has 0 aliphatic carbocycles. The lowest BCUT2D eigenvalue weighted by Gasteiger charge is -2.32. The monoisotopic (exact) mass is 585 g/mol. The number of nitrogens with zero attached hydrogens (tertiary/aromatic N) is 2. The van der Waals surface area contributed by atoms with Gasteiger partial charge in [-0.2, -0.15) is 0 Å². The average Bonchev–Trinajstić information content (AvgIpc) is 2.88. The number of nitrogens with one attached hydrogen (secondary N) is 1. The van der Waals surface area contributed by atoms with E-state index >= 15 is 0 Å². The number of benzene rings is 3. The summed E-state index contributed by atoms with van der Waals surface area (Å²) in [6, 6.07) is 20.0. The third kappa shape index (κ3) is 6.78. The molecule has 7 nitrogen and oxygen atoms in total. The molecule has 3 aromatic carbocycles. The Balaban J connectivity index is 2.07. The number of likely N-dealkylation sites (N-methyl/N-ethyl adjacent to an activating group) is 1. The van der Waals surface area contributed by atoms with Crippen LogP contribution in [0.25, 0.3) is 0 Å². The van der Waals surface area contributed by atoms with Gasteiger partial charge in [0.2, 0.25) is 11.8 Å². The molecule has 37 heavy (non-hydrogen) atoms. The Labute approximate surface area is 227 Å². The van der Waals surface area contributed by atoms with Crippen LogP contribution in [0.3, 0.4) is 0 Å². The number of anilines is 1. The van der Waals surface area contributed by atoms with E-state index in [2.05, 4.69) is 21.2 Å².